The third-order valence-electron chi connectivity index (χ3n) is 4.78. The summed E-state index contributed by atoms with van der Waals surface area (Å²) in [5, 5.41) is 24.5. The Hall–Kier alpha value is -2.37. The molecule has 0 heterocycles. The van der Waals surface area contributed by atoms with E-state index in [-0.39, 0.29) is 16.9 Å². The molecule has 0 saturated carbocycles. The Kier molecular flexibility index (Phi) is 4.91. The number of carbonyl (C=O) groups is 1. The van der Waals surface area contributed by atoms with Gasteiger partial charge < -0.3 is 20.3 Å². The third kappa shape index (κ3) is 6.31. The molecular formula is C25H35NO4. The number of ether oxygens (including phenoxy) is 1. The minimum atomic E-state index is -3.49. The normalized spacial score (nSPS) is 21.0. The summed E-state index contributed by atoms with van der Waals surface area (Å²) in [6.07, 6.45) is 1.32. The van der Waals surface area contributed by atoms with Crippen molar-refractivity contribution in [2.24, 2.45) is 5.92 Å². The first-order valence-corrected chi connectivity index (χ1v) is 9.89. The van der Waals surface area contributed by atoms with E-state index in [4.69, 9.17) is 15.7 Å². The largest absolute Gasteiger partial charge is 0.493 e. The molecule has 3 N–H and O–H groups in total. The lowest BCUT2D eigenvalue weighted by Gasteiger charge is -2.33. The number of benzene rings is 2. The smallest absolute Gasteiger partial charge is 0.256 e. The Morgan fingerprint density at radius 3 is 2.37 bits per heavy atom. The van der Waals surface area contributed by atoms with Crippen molar-refractivity contribution >= 4 is 5.91 Å². The van der Waals surface area contributed by atoms with Crippen molar-refractivity contribution < 1.29 is 30.7 Å². The predicted octanol–water partition coefficient (Wildman–Crippen LogP) is 4.34. The van der Waals surface area contributed by atoms with Crippen LogP contribution in [0.25, 0.3) is 0 Å². The molecule has 0 bridgehead atoms. The standard InChI is InChI=1S/C25H35NO4/c1-6-10-18(2)17-30-21-15-13-19(14-16-21)22(24(3,4)28)26-23(27)25(5,29)20-11-8-7-9-12-20/h7-9,11-16,18,22,28-29H,6,10,17H2,1-5H3,(H,26,27)/t18-,22+,25+/m0/s1/i3D3,4D3,17D2. The van der Waals surface area contributed by atoms with Crippen LogP contribution in [0.15, 0.2) is 54.6 Å². The fourth-order valence-corrected chi connectivity index (χ4v) is 2.98. The third-order valence-corrected chi connectivity index (χ3v) is 4.78. The van der Waals surface area contributed by atoms with E-state index < -0.39 is 49.3 Å². The van der Waals surface area contributed by atoms with Gasteiger partial charge in [-0.1, -0.05) is 62.7 Å². The summed E-state index contributed by atoms with van der Waals surface area (Å²) in [7, 11) is 0. The number of aliphatic hydroxyl groups is 2. The number of hydrogen-bond donors (Lipinski definition) is 3. The molecule has 2 aromatic carbocycles. The topological polar surface area (TPSA) is 78.8 Å². The molecule has 1 amide bonds. The average molecular weight is 422 g/mol. The molecule has 2 aromatic rings. The van der Waals surface area contributed by atoms with E-state index in [1.165, 1.54) is 36.4 Å². The SMILES string of the molecule is [2H]C([2H])(Oc1ccc([C@@H](NC(=O)[C@](C)(O)c2ccccc2)C(O)(C([2H])([2H])[2H])C([2H])([2H])[2H])cc1)[C@@H](C)CCC. The molecule has 5 nitrogen and oxygen atoms in total. The van der Waals surface area contributed by atoms with Crippen LogP contribution in [-0.4, -0.2) is 28.3 Å². The van der Waals surface area contributed by atoms with Gasteiger partial charge in [0, 0.05) is 8.22 Å². The van der Waals surface area contributed by atoms with Crippen LogP contribution in [0, 0.1) is 5.92 Å². The zero-order chi connectivity index (χ0) is 29.2. The quantitative estimate of drug-likeness (QED) is 0.533. The molecule has 0 saturated heterocycles. The number of amides is 1. The summed E-state index contributed by atoms with van der Waals surface area (Å²) < 4.78 is 69.1. The van der Waals surface area contributed by atoms with Crippen molar-refractivity contribution in [2.45, 2.75) is 64.6 Å². The Morgan fingerprint density at radius 2 is 1.80 bits per heavy atom. The minimum absolute atomic E-state index is 0.0781. The molecule has 0 aliphatic heterocycles. The van der Waals surface area contributed by atoms with Crippen LogP contribution in [0.1, 0.15) is 75.5 Å². The van der Waals surface area contributed by atoms with Crippen molar-refractivity contribution in [3.05, 3.63) is 65.7 Å². The lowest BCUT2D eigenvalue weighted by Crippen LogP contribution is -2.49. The highest BCUT2D eigenvalue weighted by Crippen LogP contribution is 2.29. The Bertz CT molecular complexity index is 1060. The second kappa shape index (κ2) is 10.1. The first-order valence-electron chi connectivity index (χ1n) is 13.9. The van der Waals surface area contributed by atoms with Gasteiger partial charge in [0.15, 0.2) is 5.60 Å². The van der Waals surface area contributed by atoms with E-state index in [0.717, 1.165) is 13.3 Å². The highest BCUT2D eigenvalue weighted by Gasteiger charge is 2.37. The van der Waals surface area contributed by atoms with Gasteiger partial charge in [-0.05, 0) is 56.2 Å². The van der Waals surface area contributed by atoms with Crippen LogP contribution < -0.4 is 10.1 Å². The molecule has 30 heavy (non-hydrogen) atoms. The van der Waals surface area contributed by atoms with E-state index in [0.29, 0.717) is 6.42 Å². The maximum absolute atomic E-state index is 13.2. The monoisotopic (exact) mass is 421 g/mol. The molecule has 0 aliphatic carbocycles. The Labute approximate surface area is 191 Å². The molecule has 0 aromatic heterocycles. The van der Waals surface area contributed by atoms with E-state index in [9.17, 15) is 15.0 Å². The number of carbonyl (C=O) groups excluding carboxylic acids is 1. The molecule has 164 valence electrons. The van der Waals surface area contributed by atoms with Crippen molar-refractivity contribution in [3.8, 4) is 5.75 Å². The summed E-state index contributed by atoms with van der Waals surface area (Å²) in [6, 6.07) is 10.8. The molecule has 0 spiro atoms. The number of rotatable bonds is 10. The van der Waals surface area contributed by atoms with Gasteiger partial charge >= 0.3 is 0 Å². The summed E-state index contributed by atoms with van der Waals surface area (Å²) in [5.41, 5.74) is -5.59. The van der Waals surface area contributed by atoms with Gasteiger partial charge in [-0.3, -0.25) is 4.79 Å². The summed E-state index contributed by atoms with van der Waals surface area (Å²) in [6.45, 7) is -4.21. The van der Waals surface area contributed by atoms with Crippen LogP contribution in [0.5, 0.6) is 5.75 Å². The maximum atomic E-state index is 13.2. The van der Waals surface area contributed by atoms with Gasteiger partial charge in [0.1, 0.15) is 5.75 Å². The fraction of sp³-hybridized carbons (Fsp3) is 0.480. The number of nitrogens with one attached hydrogen (secondary N) is 1. The molecule has 2 rings (SSSR count). The van der Waals surface area contributed by atoms with Gasteiger partial charge in [0.05, 0.1) is 20.9 Å². The fourth-order valence-electron chi connectivity index (χ4n) is 2.98. The van der Waals surface area contributed by atoms with Gasteiger partial charge in [-0.25, -0.2) is 0 Å². The molecule has 0 radical (unpaired) electrons. The van der Waals surface area contributed by atoms with E-state index in [1.54, 1.807) is 25.1 Å². The van der Waals surface area contributed by atoms with Gasteiger partial charge in [-0.2, -0.15) is 0 Å². The molecule has 0 fully saturated rings. The average Bonchev–Trinajstić information content (AvgIpc) is 2.81. The van der Waals surface area contributed by atoms with E-state index in [2.05, 4.69) is 5.32 Å². The minimum Gasteiger partial charge on any atom is -0.493 e. The Balaban J connectivity index is 2.55. The summed E-state index contributed by atoms with van der Waals surface area (Å²) >= 11 is 0. The van der Waals surface area contributed by atoms with Crippen molar-refractivity contribution in [1.29, 1.82) is 0 Å². The molecule has 0 unspecified atom stereocenters. The summed E-state index contributed by atoms with van der Waals surface area (Å²) in [5.74, 6) is -1.49. The van der Waals surface area contributed by atoms with Crippen LogP contribution in [-0.2, 0) is 10.4 Å². The lowest BCUT2D eigenvalue weighted by atomic mass is 9.89. The highest BCUT2D eigenvalue weighted by atomic mass is 16.5. The molecule has 3 atom stereocenters. The van der Waals surface area contributed by atoms with Crippen molar-refractivity contribution in [3.63, 3.8) is 0 Å². The highest BCUT2D eigenvalue weighted by molar-refractivity contribution is 5.86. The molecular weight excluding hydrogens is 378 g/mol. The van der Waals surface area contributed by atoms with Gasteiger partial charge in [-0.15, -0.1) is 0 Å². The zero-order valence-electron chi connectivity index (χ0n) is 25.5. The second-order valence-electron chi connectivity index (χ2n) is 7.59. The number of hydrogen-bond acceptors (Lipinski definition) is 4. The van der Waals surface area contributed by atoms with Crippen LogP contribution in [0.2, 0.25) is 0 Å². The first-order chi connectivity index (χ1) is 17.3. The van der Waals surface area contributed by atoms with Crippen LogP contribution in [0.3, 0.4) is 0 Å². The van der Waals surface area contributed by atoms with Gasteiger partial charge in [0.25, 0.3) is 5.91 Å². The van der Waals surface area contributed by atoms with E-state index >= 15 is 0 Å². The van der Waals surface area contributed by atoms with Crippen molar-refractivity contribution in [2.75, 3.05) is 6.56 Å². The van der Waals surface area contributed by atoms with Gasteiger partial charge in [0.2, 0.25) is 0 Å². The summed E-state index contributed by atoms with van der Waals surface area (Å²) in [4.78, 5) is 13.2. The predicted molar refractivity (Wildman–Crippen MR) is 119 cm³/mol. The Morgan fingerprint density at radius 1 is 1.17 bits per heavy atom. The maximum Gasteiger partial charge on any atom is 0.256 e. The van der Waals surface area contributed by atoms with Crippen molar-refractivity contribution in [1.82, 2.24) is 5.32 Å². The molecule has 0 aliphatic rings. The first kappa shape index (κ1) is 14.6. The lowest BCUT2D eigenvalue weighted by molar-refractivity contribution is -0.141. The second-order valence-corrected chi connectivity index (χ2v) is 7.59. The van der Waals surface area contributed by atoms with E-state index in [1.807, 2.05) is 6.92 Å². The van der Waals surface area contributed by atoms with Crippen LogP contribution >= 0.6 is 0 Å². The zero-order valence-corrected chi connectivity index (χ0v) is 17.5. The molecule has 5 heteroatoms. The van der Waals surface area contributed by atoms with Crippen LogP contribution in [0.4, 0.5) is 0 Å².